The van der Waals surface area contributed by atoms with Crippen LogP contribution in [0.4, 0.5) is 17.1 Å². The maximum Gasteiger partial charge on any atom is 0.316 e. The monoisotopic (exact) mass is 477 g/mol. The Bertz CT molecular complexity index is 1200. The third-order valence-corrected chi connectivity index (χ3v) is 6.97. The van der Waals surface area contributed by atoms with E-state index in [0.29, 0.717) is 24.2 Å². The van der Waals surface area contributed by atoms with Crippen molar-refractivity contribution in [3.8, 4) is 5.75 Å². The van der Waals surface area contributed by atoms with Crippen LogP contribution in [0.15, 0.2) is 48.5 Å². The van der Waals surface area contributed by atoms with Crippen molar-refractivity contribution in [1.29, 1.82) is 0 Å². The molecule has 2 aliphatic heterocycles. The first kappa shape index (κ1) is 22.7. The van der Waals surface area contributed by atoms with Crippen LogP contribution in [-0.4, -0.2) is 35.2 Å². The molecular formula is C25H23N3O7. The summed E-state index contributed by atoms with van der Waals surface area (Å²) in [5.74, 6) is -2.40. The van der Waals surface area contributed by atoms with Crippen molar-refractivity contribution >= 4 is 40.8 Å². The van der Waals surface area contributed by atoms with Gasteiger partial charge in [0.1, 0.15) is 5.75 Å². The molecule has 1 aliphatic carbocycles. The van der Waals surface area contributed by atoms with Crippen LogP contribution in [0.25, 0.3) is 0 Å². The molecule has 3 amide bonds. The minimum atomic E-state index is -0.723. The molecule has 5 rings (SSSR count). The number of nitro benzene ring substituents is 1. The highest BCUT2D eigenvalue weighted by molar-refractivity contribution is 6.22. The van der Waals surface area contributed by atoms with Gasteiger partial charge in [0.05, 0.1) is 28.4 Å². The van der Waals surface area contributed by atoms with Gasteiger partial charge in [0, 0.05) is 36.9 Å². The van der Waals surface area contributed by atoms with Gasteiger partial charge in [0.15, 0.2) is 0 Å². The van der Waals surface area contributed by atoms with E-state index in [0.717, 1.165) is 12.8 Å². The second-order valence-corrected chi connectivity index (χ2v) is 9.11. The number of benzene rings is 2. The second-order valence-electron chi connectivity index (χ2n) is 9.11. The van der Waals surface area contributed by atoms with Crippen LogP contribution in [-0.2, 0) is 19.2 Å². The number of carbonyl (C=O) groups excluding carboxylic acids is 4. The number of ether oxygens (including phenoxy) is 1. The van der Waals surface area contributed by atoms with Crippen LogP contribution in [0, 0.1) is 27.9 Å². The number of hydrogen-bond acceptors (Lipinski definition) is 7. The fraction of sp³-hybridized carbons (Fsp3) is 0.360. The van der Waals surface area contributed by atoms with E-state index in [2.05, 4.69) is 0 Å². The molecule has 0 spiro atoms. The van der Waals surface area contributed by atoms with Gasteiger partial charge in [-0.25, -0.2) is 4.90 Å². The minimum absolute atomic E-state index is 0.0536. The molecule has 2 heterocycles. The van der Waals surface area contributed by atoms with E-state index in [9.17, 15) is 29.3 Å². The maximum atomic E-state index is 12.9. The number of rotatable bonds is 5. The number of nitro groups is 1. The fourth-order valence-corrected chi connectivity index (χ4v) is 5.17. The van der Waals surface area contributed by atoms with Crippen LogP contribution < -0.4 is 14.5 Å². The molecule has 3 fully saturated rings. The summed E-state index contributed by atoms with van der Waals surface area (Å²) in [5, 5.41) is 10.8. The first-order valence-electron chi connectivity index (χ1n) is 11.6. The van der Waals surface area contributed by atoms with Gasteiger partial charge >= 0.3 is 5.97 Å². The molecule has 35 heavy (non-hydrogen) atoms. The maximum absolute atomic E-state index is 12.9. The smallest absolute Gasteiger partial charge is 0.316 e. The van der Waals surface area contributed by atoms with Crippen molar-refractivity contribution in [3.63, 3.8) is 0 Å². The van der Waals surface area contributed by atoms with Crippen molar-refractivity contribution in [3.05, 3.63) is 58.6 Å². The molecule has 2 aromatic carbocycles. The van der Waals surface area contributed by atoms with Crippen LogP contribution in [0.3, 0.4) is 0 Å². The standard InChI is InChI=1S/C25H23N3O7/c29-22-12-15(14-26(22)16-8-10-17(11-9-16)28(33)34)25(32)35-19-5-3-4-18(13-19)27-23(30)20-6-1-2-7-21(20)24(27)31/h3-5,8-11,13,15,20-21H,1-2,6-7,12,14H2/t15-,20+,21+/m0/s1. The highest BCUT2D eigenvalue weighted by Crippen LogP contribution is 2.40. The summed E-state index contributed by atoms with van der Waals surface area (Å²) in [6, 6.07) is 11.8. The predicted octanol–water partition coefficient (Wildman–Crippen LogP) is 3.23. The van der Waals surface area contributed by atoms with Gasteiger partial charge in [-0.2, -0.15) is 0 Å². The highest BCUT2D eigenvalue weighted by Gasteiger charge is 2.48. The lowest BCUT2D eigenvalue weighted by molar-refractivity contribution is -0.384. The highest BCUT2D eigenvalue weighted by atomic mass is 16.6. The first-order chi connectivity index (χ1) is 16.8. The average Bonchev–Trinajstić information content (AvgIpc) is 3.37. The third-order valence-electron chi connectivity index (χ3n) is 6.97. The molecule has 1 saturated carbocycles. The van der Waals surface area contributed by atoms with Gasteiger partial charge in [-0.1, -0.05) is 18.9 Å². The van der Waals surface area contributed by atoms with Crippen LogP contribution in [0.1, 0.15) is 32.1 Å². The second kappa shape index (κ2) is 8.94. The van der Waals surface area contributed by atoms with Crippen molar-refractivity contribution in [2.45, 2.75) is 32.1 Å². The normalized spacial score (nSPS) is 24.0. The molecule has 0 aromatic heterocycles. The van der Waals surface area contributed by atoms with Gasteiger partial charge in [-0.05, 0) is 37.1 Å². The zero-order valence-corrected chi connectivity index (χ0v) is 18.8. The van der Waals surface area contributed by atoms with Crippen molar-refractivity contribution in [1.82, 2.24) is 0 Å². The van der Waals surface area contributed by atoms with Crippen molar-refractivity contribution < 1.29 is 28.8 Å². The van der Waals surface area contributed by atoms with Gasteiger partial charge in [0.2, 0.25) is 17.7 Å². The number of nitrogens with zero attached hydrogens (tertiary/aromatic N) is 3. The lowest BCUT2D eigenvalue weighted by Gasteiger charge is -2.19. The Labute approximate surface area is 200 Å². The molecule has 0 N–H and O–H groups in total. The summed E-state index contributed by atoms with van der Waals surface area (Å²) in [5.41, 5.74) is 0.741. The van der Waals surface area contributed by atoms with E-state index in [1.807, 2.05) is 0 Å². The lowest BCUT2D eigenvalue weighted by atomic mass is 9.81. The van der Waals surface area contributed by atoms with Crippen molar-refractivity contribution in [2.75, 3.05) is 16.3 Å². The van der Waals surface area contributed by atoms with E-state index in [1.165, 1.54) is 40.1 Å². The number of hydrogen-bond donors (Lipinski definition) is 0. The van der Waals surface area contributed by atoms with Crippen LogP contribution in [0.2, 0.25) is 0 Å². The van der Waals surface area contributed by atoms with E-state index in [1.54, 1.807) is 18.2 Å². The number of non-ortho nitro benzene ring substituents is 1. The largest absolute Gasteiger partial charge is 0.426 e. The Hall–Kier alpha value is -4.08. The predicted molar refractivity (Wildman–Crippen MR) is 124 cm³/mol. The summed E-state index contributed by atoms with van der Waals surface area (Å²) in [7, 11) is 0. The summed E-state index contributed by atoms with van der Waals surface area (Å²) in [6.45, 7) is 0.0849. The molecule has 180 valence electrons. The number of amides is 3. The van der Waals surface area contributed by atoms with E-state index >= 15 is 0 Å². The molecule has 3 aliphatic rings. The van der Waals surface area contributed by atoms with E-state index in [4.69, 9.17) is 4.74 Å². The molecular weight excluding hydrogens is 454 g/mol. The number of carbonyl (C=O) groups is 4. The van der Waals surface area contributed by atoms with E-state index in [-0.39, 0.29) is 54.0 Å². The fourth-order valence-electron chi connectivity index (χ4n) is 5.17. The van der Waals surface area contributed by atoms with Gasteiger partial charge in [-0.15, -0.1) is 0 Å². The Morgan fingerprint density at radius 1 is 0.943 bits per heavy atom. The Kier molecular flexibility index (Phi) is 5.80. The molecule has 2 saturated heterocycles. The van der Waals surface area contributed by atoms with Gasteiger partial charge in [0.25, 0.3) is 5.69 Å². The molecule has 0 radical (unpaired) electrons. The SMILES string of the molecule is O=C(Oc1cccc(N2C(=O)[C@@H]3CCCC[C@H]3C2=O)c1)[C@H]1CC(=O)N(c2ccc([N+](=O)[O-])cc2)C1. The Morgan fingerprint density at radius 2 is 1.60 bits per heavy atom. The Morgan fingerprint density at radius 3 is 2.23 bits per heavy atom. The van der Waals surface area contributed by atoms with E-state index < -0.39 is 16.8 Å². The topological polar surface area (TPSA) is 127 Å². The molecule has 10 nitrogen and oxygen atoms in total. The number of fused-ring (bicyclic) bond motifs is 1. The molecule has 3 atom stereocenters. The summed E-state index contributed by atoms with van der Waals surface area (Å²) >= 11 is 0. The average molecular weight is 477 g/mol. The minimum Gasteiger partial charge on any atom is -0.426 e. The summed E-state index contributed by atoms with van der Waals surface area (Å²) in [6.07, 6.45) is 3.23. The van der Waals surface area contributed by atoms with Gasteiger partial charge in [-0.3, -0.25) is 29.3 Å². The number of imide groups is 1. The summed E-state index contributed by atoms with van der Waals surface area (Å²) in [4.78, 5) is 64.0. The first-order valence-corrected chi connectivity index (χ1v) is 11.6. The van der Waals surface area contributed by atoms with Crippen molar-refractivity contribution in [2.24, 2.45) is 17.8 Å². The summed E-state index contributed by atoms with van der Waals surface area (Å²) < 4.78 is 5.51. The zero-order chi connectivity index (χ0) is 24.7. The number of anilines is 2. The lowest BCUT2D eigenvalue weighted by Crippen LogP contribution is -2.31. The molecule has 0 unspecified atom stereocenters. The molecule has 2 aromatic rings. The molecule has 10 heteroatoms. The quantitative estimate of drug-likeness (QED) is 0.213. The van der Waals surface area contributed by atoms with Crippen LogP contribution in [0.5, 0.6) is 5.75 Å². The molecule has 0 bridgehead atoms. The van der Waals surface area contributed by atoms with Crippen LogP contribution >= 0.6 is 0 Å². The zero-order valence-electron chi connectivity index (χ0n) is 18.8. The Balaban J connectivity index is 1.27. The number of esters is 1. The third kappa shape index (κ3) is 4.16. The van der Waals surface area contributed by atoms with Gasteiger partial charge < -0.3 is 9.64 Å².